The molecule has 176 valence electrons. The second-order valence-corrected chi connectivity index (χ2v) is 10.5. The number of hydrogen-bond donors (Lipinski definition) is 1. The number of hydrogen-bond acceptors (Lipinski definition) is 5. The minimum Gasteiger partial charge on any atom is -0.313 e. The molecule has 1 fully saturated rings. The van der Waals surface area contributed by atoms with Crippen molar-refractivity contribution in [2.24, 2.45) is 7.05 Å². The third-order valence-corrected chi connectivity index (χ3v) is 7.80. The standard InChI is InChI=1S/C23H27ClFN5O2S/c1-3-4-12-30(33(31,32)17-8-6-5-7-9-17)21-14-20(25)19(24)13-18(21)23-28-27-22(29(23)2)15-26-16-10-11-16/h5-9,13-14,16,26H,3-4,10-12,15H2,1-2H3. The van der Waals surface area contributed by atoms with Gasteiger partial charge in [-0.15, -0.1) is 10.2 Å². The number of nitrogens with one attached hydrogen (secondary N) is 1. The van der Waals surface area contributed by atoms with E-state index in [0.29, 0.717) is 36.2 Å². The van der Waals surface area contributed by atoms with Crippen LogP contribution in [0.25, 0.3) is 11.4 Å². The molecule has 0 aliphatic heterocycles. The summed E-state index contributed by atoms with van der Waals surface area (Å²) in [6, 6.07) is 11.2. The van der Waals surface area contributed by atoms with E-state index in [1.807, 2.05) is 14.0 Å². The van der Waals surface area contributed by atoms with E-state index in [9.17, 15) is 12.8 Å². The highest BCUT2D eigenvalue weighted by molar-refractivity contribution is 7.92. The van der Waals surface area contributed by atoms with E-state index in [1.165, 1.54) is 28.6 Å². The van der Waals surface area contributed by atoms with Crippen molar-refractivity contribution in [2.75, 3.05) is 10.8 Å². The Labute approximate surface area is 198 Å². The molecular formula is C23H27ClFN5O2S. The van der Waals surface area contributed by atoms with Gasteiger partial charge in [0.15, 0.2) is 5.82 Å². The van der Waals surface area contributed by atoms with Gasteiger partial charge in [-0.2, -0.15) is 0 Å². The molecule has 1 aromatic heterocycles. The third kappa shape index (κ3) is 5.05. The molecule has 1 heterocycles. The van der Waals surface area contributed by atoms with E-state index in [0.717, 1.165) is 19.3 Å². The first kappa shape index (κ1) is 23.7. The molecule has 0 amide bonds. The molecule has 0 bridgehead atoms. The fraction of sp³-hybridized carbons (Fsp3) is 0.391. The van der Waals surface area contributed by atoms with Crippen molar-refractivity contribution in [2.45, 2.75) is 50.1 Å². The summed E-state index contributed by atoms with van der Waals surface area (Å²) in [5.74, 6) is 0.427. The van der Waals surface area contributed by atoms with Crippen LogP contribution in [0.3, 0.4) is 0 Å². The lowest BCUT2D eigenvalue weighted by atomic mass is 10.1. The Balaban J connectivity index is 1.82. The second-order valence-electron chi connectivity index (χ2n) is 8.18. The first-order valence-electron chi connectivity index (χ1n) is 11.0. The van der Waals surface area contributed by atoms with Crippen LogP contribution in [0.2, 0.25) is 5.02 Å². The summed E-state index contributed by atoms with van der Waals surface area (Å²) in [5, 5.41) is 11.9. The van der Waals surface area contributed by atoms with E-state index in [2.05, 4.69) is 15.5 Å². The van der Waals surface area contributed by atoms with Gasteiger partial charge in [-0.1, -0.05) is 43.1 Å². The van der Waals surface area contributed by atoms with Gasteiger partial charge in [0, 0.05) is 31.3 Å². The van der Waals surface area contributed by atoms with Crippen LogP contribution in [0.1, 0.15) is 38.4 Å². The molecule has 33 heavy (non-hydrogen) atoms. The fourth-order valence-electron chi connectivity index (χ4n) is 3.59. The van der Waals surface area contributed by atoms with E-state index in [-0.39, 0.29) is 22.2 Å². The van der Waals surface area contributed by atoms with Gasteiger partial charge < -0.3 is 9.88 Å². The number of unbranched alkanes of at least 4 members (excludes halogenated alkanes) is 1. The molecule has 0 unspecified atom stereocenters. The number of aromatic nitrogens is 3. The Kier molecular flexibility index (Phi) is 7.02. The number of benzene rings is 2. The summed E-state index contributed by atoms with van der Waals surface area (Å²) < 4.78 is 44.9. The topological polar surface area (TPSA) is 80.1 Å². The predicted octanol–water partition coefficient (Wildman–Crippen LogP) is 4.52. The van der Waals surface area contributed by atoms with Crippen molar-refractivity contribution in [1.82, 2.24) is 20.1 Å². The Morgan fingerprint density at radius 3 is 2.61 bits per heavy atom. The van der Waals surface area contributed by atoms with Gasteiger partial charge >= 0.3 is 0 Å². The van der Waals surface area contributed by atoms with Gasteiger partial charge in [0.05, 0.1) is 22.2 Å². The minimum atomic E-state index is -3.95. The van der Waals surface area contributed by atoms with Crippen LogP contribution in [0.15, 0.2) is 47.4 Å². The van der Waals surface area contributed by atoms with E-state index in [4.69, 9.17) is 11.6 Å². The van der Waals surface area contributed by atoms with Crippen molar-refractivity contribution < 1.29 is 12.8 Å². The zero-order valence-corrected chi connectivity index (χ0v) is 20.2. The zero-order valence-electron chi connectivity index (χ0n) is 18.6. The highest BCUT2D eigenvalue weighted by Crippen LogP contribution is 2.37. The lowest BCUT2D eigenvalue weighted by Crippen LogP contribution is -2.32. The SMILES string of the molecule is CCCCN(c1cc(F)c(Cl)cc1-c1nnc(CNC2CC2)n1C)S(=O)(=O)c1ccccc1. The average Bonchev–Trinajstić information content (AvgIpc) is 3.57. The zero-order chi connectivity index (χ0) is 23.6. The van der Waals surface area contributed by atoms with E-state index >= 15 is 0 Å². The maximum atomic E-state index is 14.7. The molecule has 0 atom stereocenters. The molecule has 10 heteroatoms. The lowest BCUT2D eigenvalue weighted by Gasteiger charge is -2.27. The van der Waals surface area contributed by atoms with Gasteiger partial charge in [-0.05, 0) is 37.5 Å². The minimum absolute atomic E-state index is 0.109. The molecule has 1 aliphatic carbocycles. The van der Waals surface area contributed by atoms with Crippen LogP contribution in [0.5, 0.6) is 0 Å². The molecular weight excluding hydrogens is 465 g/mol. The number of rotatable bonds is 10. The molecule has 7 nitrogen and oxygen atoms in total. The summed E-state index contributed by atoms with van der Waals surface area (Å²) in [4.78, 5) is 0.134. The molecule has 2 aromatic carbocycles. The van der Waals surface area contributed by atoms with Crippen molar-refractivity contribution in [3.05, 3.63) is 59.1 Å². The summed E-state index contributed by atoms with van der Waals surface area (Å²) in [5.41, 5.74) is 0.594. The van der Waals surface area contributed by atoms with Crippen LogP contribution in [-0.4, -0.2) is 35.8 Å². The monoisotopic (exact) mass is 491 g/mol. The van der Waals surface area contributed by atoms with Crippen molar-refractivity contribution >= 4 is 27.3 Å². The first-order valence-corrected chi connectivity index (χ1v) is 12.8. The molecule has 1 aliphatic rings. The molecule has 4 rings (SSSR count). The first-order chi connectivity index (χ1) is 15.8. The predicted molar refractivity (Wildman–Crippen MR) is 127 cm³/mol. The summed E-state index contributed by atoms with van der Waals surface area (Å²) in [6.07, 6.45) is 3.66. The molecule has 1 N–H and O–H groups in total. The second kappa shape index (κ2) is 9.79. The smallest absolute Gasteiger partial charge is 0.264 e. The van der Waals surface area contributed by atoms with E-state index in [1.54, 1.807) is 22.8 Å². The molecule has 0 radical (unpaired) electrons. The van der Waals surface area contributed by atoms with Crippen molar-refractivity contribution in [3.63, 3.8) is 0 Å². The summed E-state index contributed by atoms with van der Waals surface area (Å²) >= 11 is 6.13. The number of halogens is 2. The van der Waals surface area contributed by atoms with Crippen LogP contribution in [0, 0.1) is 5.82 Å². The van der Waals surface area contributed by atoms with Gasteiger partial charge in [0.1, 0.15) is 11.6 Å². The lowest BCUT2D eigenvalue weighted by molar-refractivity contribution is 0.588. The van der Waals surface area contributed by atoms with Gasteiger partial charge in [0.2, 0.25) is 0 Å². The largest absolute Gasteiger partial charge is 0.313 e. The van der Waals surface area contributed by atoms with Crippen LogP contribution >= 0.6 is 11.6 Å². The van der Waals surface area contributed by atoms with Crippen LogP contribution < -0.4 is 9.62 Å². The Morgan fingerprint density at radius 2 is 1.94 bits per heavy atom. The number of sulfonamides is 1. The highest BCUT2D eigenvalue weighted by atomic mass is 35.5. The Morgan fingerprint density at radius 1 is 1.21 bits per heavy atom. The number of anilines is 1. The van der Waals surface area contributed by atoms with Gasteiger partial charge in [0.25, 0.3) is 10.0 Å². The normalized spacial score (nSPS) is 13.9. The molecule has 1 saturated carbocycles. The third-order valence-electron chi connectivity index (χ3n) is 5.69. The maximum absolute atomic E-state index is 14.7. The molecule has 3 aromatic rings. The highest BCUT2D eigenvalue weighted by Gasteiger charge is 2.29. The maximum Gasteiger partial charge on any atom is 0.264 e. The Hall–Kier alpha value is -2.49. The number of nitrogens with zero attached hydrogens (tertiary/aromatic N) is 4. The van der Waals surface area contributed by atoms with E-state index < -0.39 is 15.8 Å². The summed E-state index contributed by atoms with van der Waals surface area (Å²) in [7, 11) is -2.14. The van der Waals surface area contributed by atoms with Crippen molar-refractivity contribution in [1.29, 1.82) is 0 Å². The van der Waals surface area contributed by atoms with Crippen molar-refractivity contribution in [3.8, 4) is 11.4 Å². The summed E-state index contributed by atoms with van der Waals surface area (Å²) in [6.45, 7) is 2.70. The van der Waals surface area contributed by atoms with Crippen LogP contribution in [-0.2, 0) is 23.6 Å². The Bertz CT molecular complexity index is 1230. The van der Waals surface area contributed by atoms with Gasteiger partial charge in [-0.3, -0.25) is 4.31 Å². The van der Waals surface area contributed by atoms with Crippen LogP contribution in [0.4, 0.5) is 10.1 Å². The average molecular weight is 492 g/mol. The molecule has 0 spiro atoms. The van der Waals surface area contributed by atoms with Gasteiger partial charge in [-0.25, -0.2) is 12.8 Å². The molecule has 0 saturated heterocycles. The fourth-order valence-corrected chi connectivity index (χ4v) is 5.29. The quantitative estimate of drug-likeness (QED) is 0.451.